The molecule has 0 saturated heterocycles. The van der Waals surface area contributed by atoms with Crippen LogP contribution in [0.4, 0.5) is 4.79 Å². The van der Waals surface area contributed by atoms with E-state index < -0.39 is 18.1 Å². The molecule has 7 nitrogen and oxygen atoms in total. The molecule has 0 bridgehead atoms. The lowest BCUT2D eigenvalue weighted by atomic mass is 9.98. The Morgan fingerprint density at radius 1 is 1.09 bits per heavy atom. The molecule has 0 spiro atoms. The Kier molecular flexibility index (Phi) is 8.16. The van der Waals surface area contributed by atoms with Crippen molar-refractivity contribution in [2.75, 3.05) is 32.2 Å². The van der Waals surface area contributed by atoms with Crippen LogP contribution in [-0.2, 0) is 14.3 Å². The molecule has 0 heterocycles. The minimum atomic E-state index is -0.977. The number of ether oxygens (including phenoxy) is 1. The molecule has 1 unspecified atom stereocenters. The molecule has 3 rings (SSSR count). The summed E-state index contributed by atoms with van der Waals surface area (Å²) in [4.78, 5) is 37.5. The molecular weight excluding hydrogens is 428 g/mol. The standard InChI is InChI=1S/C24H28N2O5S/c1-26(13-11-22(27)28)23(29)21(12-14-32-2)25-24(30)31-15-20-18-9-5-3-7-16(18)17-8-4-6-10-19(17)20/h3-10,20-21H,11-15H2,1-2H3,(H,25,30)(H,27,28). The van der Waals surface area contributed by atoms with Crippen LogP contribution in [-0.4, -0.2) is 66.2 Å². The van der Waals surface area contributed by atoms with Crippen LogP contribution in [0.15, 0.2) is 48.5 Å². The minimum absolute atomic E-state index is 0.0632. The summed E-state index contributed by atoms with van der Waals surface area (Å²) < 4.78 is 5.56. The largest absolute Gasteiger partial charge is 0.481 e. The predicted octanol–water partition coefficient (Wildman–Crippen LogP) is 3.58. The predicted molar refractivity (Wildman–Crippen MR) is 125 cm³/mol. The topological polar surface area (TPSA) is 95.9 Å². The number of alkyl carbamates (subject to hydrolysis) is 1. The van der Waals surface area contributed by atoms with Crippen LogP contribution in [0.3, 0.4) is 0 Å². The van der Waals surface area contributed by atoms with Gasteiger partial charge in [0.25, 0.3) is 0 Å². The van der Waals surface area contributed by atoms with Crippen molar-refractivity contribution in [3.8, 4) is 11.1 Å². The molecule has 2 amide bonds. The Morgan fingerprint density at radius 3 is 2.25 bits per heavy atom. The van der Waals surface area contributed by atoms with Gasteiger partial charge in [0.1, 0.15) is 12.6 Å². The first kappa shape index (κ1) is 23.7. The highest BCUT2D eigenvalue weighted by Crippen LogP contribution is 2.44. The van der Waals surface area contributed by atoms with Crippen LogP contribution in [0.1, 0.15) is 29.9 Å². The molecule has 2 aromatic carbocycles. The van der Waals surface area contributed by atoms with E-state index >= 15 is 0 Å². The van der Waals surface area contributed by atoms with E-state index in [2.05, 4.69) is 17.4 Å². The van der Waals surface area contributed by atoms with Gasteiger partial charge < -0.3 is 20.1 Å². The number of aliphatic carboxylic acids is 1. The molecule has 2 N–H and O–H groups in total. The number of nitrogens with one attached hydrogen (secondary N) is 1. The van der Waals surface area contributed by atoms with Crippen molar-refractivity contribution in [3.05, 3.63) is 59.7 Å². The molecule has 32 heavy (non-hydrogen) atoms. The van der Waals surface area contributed by atoms with Gasteiger partial charge in [-0.2, -0.15) is 11.8 Å². The fourth-order valence-electron chi connectivity index (χ4n) is 3.91. The van der Waals surface area contributed by atoms with E-state index in [4.69, 9.17) is 9.84 Å². The first-order chi connectivity index (χ1) is 15.4. The second-order valence-corrected chi connectivity index (χ2v) is 8.69. The molecule has 0 saturated carbocycles. The van der Waals surface area contributed by atoms with E-state index in [9.17, 15) is 14.4 Å². The number of hydrogen-bond acceptors (Lipinski definition) is 5. The summed E-state index contributed by atoms with van der Waals surface area (Å²) in [5.74, 6) is -0.692. The molecule has 0 fully saturated rings. The summed E-state index contributed by atoms with van der Waals surface area (Å²) in [6.07, 6.45) is 1.55. The van der Waals surface area contributed by atoms with E-state index in [0.29, 0.717) is 12.2 Å². The second-order valence-electron chi connectivity index (χ2n) is 7.71. The first-order valence-corrected chi connectivity index (χ1v) is 11.9. The minimum Gasteiger partial charge on any atom is -0.481 e. The lowest BCUT2D eigenvalue weighted by Gasteiger charge is -2.24. The molecule has 0 aliphatic heterocycles. The van der Waals surface area contributed by atoms with Crippen molar-refractivity contribution >= 4 is 29.7 Å². The van der Waals surface area contributed by atoms with Crippen LogP contribution >= 0.6 is 11.8 Å². The summed E-state index contributed by atoms with van der Waals surface area (Å²) in [5, 5.41) is 11.5. The molecule has 170 valence electrons. The number of carbonyl (C=O) groups excluding carboxylic acids is 2. The summed E-state index contributed by atoms with van der Waals surface area (Å²) in [5.41, 5.74) is 4.52. The summed E-state index contributed by atoms with van der Waals surface area (Å²) >= 11 is 1.57. The quantitative estimate of drug-likeness (QED) is 0.567. The average Bonchev–Trinajstić information content (AvgIpc) is 3.12. The Morgan fingerprint density at radius 2 is 1.69 bits per heavy atom. The highest BCUT2D eigenvalue weighted by Gasteiger charge is 2.30. The average molecular weight is 457 g/mol. The van der Waals surface area contributed by atoms with Gasteiger partial charge in [-0.05, 0) is 40.7 Å². The van der Waals surface area contributed by atoms with E-state index in [-0.39, 0.29) is 31.4 Å². The fourth-order valence-corrected chi connectivity index (χ4v) is 4.39. The van der Waals surface area contributed by atoms with Crippen molar-refractivity contribution < 1.29 is 24.2 Å². The van der Waals surface area contributed by atoms with Gasteiger partial charge in [-0.3, -0.25) is 9.59 Å². The zero-order valence-electron chi connectivity index (χ0n) is 18.2. The summed E-state index contributed by atoms with van der Waals surface area (Å²) in [6, 6.07) is 15.4. The molecular formula is C24H28N2O5S. The number of carboxylic acids is 1. The third kappa shape index (κ3) is 5.62. The van der Waals surface area contributed by atoms with E-state index in [1.54, 1.807) is 11.8 Å². The number of benzene rings is 2. The van der Waals surface area contributed by atoms with Gasteiger partial charge in [0.2, 0.25) is 5.91 Å². The normalized spacial score (nSPS) is 13.1. The van der Waals surface area contributed by atoms with E-state index in [1.165, 1.54) is 11.9 Å². The maximum absolute atomic E-state index is 12.7. The van der Waals surface area contributed by atoms with Crippen molar-refractivity contribution in [1.29, 1.82) is 0 Å². The van der Waals surface area contributed by atoms with Crippen molar-refractivity contribution in [3.63, 3.8) is 0 Å². The number of hydrogen-bond donors (Lipinski definition) is 2. The highest BCUT2D eigenvalue weighted by atomic mass is 32.2. The van der Waals surface area contributed by atoms with Gasteiger partial charge in [-0.25, -0.2) is 4.79 Å². The molecule has 1 aliphatic rings. The number of carbonyl (C=O) groups is 3. The van der Waals surface area contributed by atoms with Crippen LogP contribution in [0, 0.1) is 0 Å². The lowest BCUT2D eigenvalue weighted by molar-refractivity contribution is -0.138. The Bertz CT molecular complexity index is 935. The number of thioether (sulfide) groups is 1. The SMILES string of the molecule is CSCCC(NC(=O)OCC1c2ccccc2-c2ccccc21)C(=O)N(C)CCC(=O)O. The summed E-state index contributed by atoms with van der Waals surface area (Å²) in [7, 11) is 1.54. The third-order valence-electron chi connectivity index (χ3n) is 5.58. The molecule has 0 radical (unpaired) electrons. The van der Waals surface area contributed by atoms with Crippen LogP contribution < -0.4 is 5.32 Å². The van der Waals surface area contributed by atoms with Gasteiger partial charge in [-0.15, -0.1) is 0 Å². The number of carboxylic acid groups (broad SMARTS) is 1. The maximum Gasteiger partial charge on any atom is 0.407 e. The highest BCUT2D eigenvalue weighted by molar-refractivity contribution is 7.98. The summed E-state index contributed by atoms with van der Waals surface area (Å²) in [6.45, 7) is 0.245. The monoisotopic (exact) mass is 456 g/mol. The van der Waals surface area contributed by atoms with Crippen molar-refractivity contribution in [2.24, 2.45) is 0 Å². The number of likely N-dealkylation sites (N-methyl/N-ethyl adjacent to an activating group) is 1. The molecule has 8 heteroatoms. The van der Waals surface area contributed by atoms with Crippen molar-refractivity contribution in [1.82, 2.24) is 10.2 Å². The van der Waals surface area contributed by atoms with Crippen LogP contribution in [0.2, 0.25) is 0 Å². The zero-order chi connectivity index (χ0) is 23.1. The molecule has 1 atom stereocenters. The number of fused-ring (bicyclic) bond motifs is 3. The van der Waals surface area contributed by atoms with Gasteiger partial charge in [0.05, 0.1) is 6.42 Å². The van der Waals surface area contributed by atoms with Crippen LogP contribution in [0.5, 0.6) is 0 Å². The van der Waals surface area contributed by atoms with Gasteiger partial charge in [0, 0.05) is 19.5 Å². The Hall–Kier alpha value is -3.00. The zero-order valence-corrected chi connectivity index (χ0v) is 19.1. The molecule has 2 aromatic rings. The Labute approximate surface area is 192 Å². The number of amides is 2. The van der Waals surface area contributed by atoms with Gasteiger partial charge in [0.15, 0.2) is 0 Å². The lowest BCUT2D eigenvalue weighted by Crippen LogP contribution is -2.48. The third-order valence-corrected chi connectivity index (χ3v) is 6.23. The number of nitrogens with zero attached hydrogens (tertiary/aromatic N) is 1. The maximum atomic E-state index is 12.7. The van der Waals surface area contributed by atoms with Crippen molar-refractivity contribution in [2.45, 2.75) is 24.8 Å². The smallest absolute Gasteiger partial charge is 0.407 e. The van der Waals surface area contributed by atoms with Crippen LogP contribution in [0.25, 0.3) is 11.1 Å². The van der Waals surface area contributed by atoms with E-state index in [1.807, 2.05) is 42.7 Å². The molecule has 0 aromatic heterocycles. The molecule has 1 aliphatic carbocycles. The Balaban J connectivity index is 1.64. The van der Waals surface area contributed by atoms with Gasteiger partial charge in [-0.1, -0.05) is 48.5 Å². The number of rotatable bonds is 10. The van der Waals surface area contributed by atoms with E-state index in [0.717, 1.165) is 22.3 Å². The second kappa shape index (κ2) is 11.0. The fraction of sp³-hybridized carbons (Fsp3) is 0.375. The first-order valence-electron chi connectivity index (χ1n) is 10.5. The van der Waals surface area contributed by atoms with Gasteiger partial charge >= 0.3 is 12.1 Å².